The molecule has 1 aliphatic rings. The Morgan fingerprint density at radius 3 is 2.44 bits per heavy atom. The summed E-state index contributed by atoms with van der Waals surface area (Å²) in [5, 5.41) is 3.00. The van der Waals surface area contributed by atoms with Gasteiger partial charge in [0.05, 0.1) is 11.0 Å². The molecule has 0 atom stereocenters. The van der Waals surface area contributed by atoms with E-state index in [0.717, 1.165) is 48.1 Å². The lowest BCUT2D eigenvalue weighted by Crippen LogP contribution is -2.45. The molecule has 2 aromatic heterocycles. The van der Waals surface area contributed by atoms with Gasteiger partial charge in [-0.1, -0.05) is 42.5 Å². The topological polar surface area (TPSA) is 61.0 Å². The molecule has 2 aromatic carbocycles. The van der Waals surface area contributed by atoms with E-state index in [9.17, 15) is 4.79 Å². The molecule has 3 heterocycles. The van der Waals surface area contributed by atoms with Crippen LogP contribution in [0.1, 0.15) is 55.5 Å². The van der Waals surface area contributed by atoms with E-state index in [1.54, 1.807) is 0 Å². The van der Waals surface area contributed by atoms with Gasteiger partial charge in [-0.15, -0.1) is 0 Å². The summed E-state index contributed by atoms with van der Waals surface area (Å²) in [6, 6.07) is 21.7. The molecule has 0 unspecified atom stereocenters. The van der Waals surface area contributed by atoms with Gasteiger partial charge in [-0.2, -0.15) is 0 Å². The Labute approximate surface area is 201 Å². The van der Waals surface area contributed by atoms with Crippen LogP contribution in [-0.2, 0) is 0 Å². The maximum Gasteiger partial charge on any atom is 0.256 e. The summed E-state index contributed by atoms with van der Waals surface area (Å²) >= 11 is 0. The fraction of sp³-hybridized carbons (Fsp3) is 0.310. The van der Waals surface area contributed by atoms with E-state index in [1.165, 1.54) is 5.56 Å². The molecule has 5 rings (SSSR count). The first-order valence-corrected chi connectivity index (χ1v) is 12.1. The van der Waals surface area contributed by atoms with Gasteiger partial charge < -0.3 is 10.3 Å². The SMILES string of the molecule is CC(C)(C)N1CCC(c2c[nH]c3ccc(NC(=O)c4cccc(-c5ccccc5)c4)nc23)CC1. The van der Waals surface area contributed by atoms with Crippen molar-refractivity contribution >= 4 is 22.8 Å². The zero-order chi connectivity index (χ0) is 23.7. The lowest BCUT2D eigenvalue weighted by Gasteiger charge is -2.40. The molecule has 34 heavy (non-hydrogen) atoms. The van der Waals surface area contributed by atoms with E-state index in [1.807, 2.05) is 66.7 Å². The normalized spacial score (nSPS) is 15.5. The second-order valence-corrected chi connectivity index (χ2v) is 10.2. The molecule has 4 aromatic rings. The molecule has 1 aliphatic heterocycles. The third kappa shape index (κ3) is 4.62. The number of anilines is 1. The van der Waals surface area contributed by atoms with Gasteiger partial charge in [-0.3, -0.25) is 9.69 Å². The number of hydrogen-bond acceptors (Lipinski definition) is 3. The van der Waals surface area contributed by atoms with Gasteiger partial charge >= 0.3 is 0 Å². The van der Waals surface area contributed by atoms with Crippen molar-refractivity contribution in [3.63, 3.8) is 0 Å². The van der Waals surface area contributed by atoms with Crippen molar-refractivity contribution in [2.24, 2.45) is 0 Å². The molecule has 2 N–H and O–H groups in total. The zero-order valence-corrected chi connectivity index (χ0v) is 20.1. The Balaban J connectivity index is 1.34. The maximum absolute atomic E-state index is 13.0. The minimum atomic E-state index is -0.153. The summed E-state index contributed by atoms with van der Waals surface area (Å²) in [5.74, 6) is 0.907. The monoisotopic (exact) mass is 452 g/mol. The standard InChI is InChI=1S/C29H32N4O/c1-29(2,3)33-16-14-21(15-17-33)24-19-30-25-12-13-26(31-27(24)25)32-28(34)23-11-7-10-22(18-23)20-8-5-4-6-9-20/h4-13,18-19,21,30H,14-17H2,1-3H3,(H,31,32,34). The second kappa shape index (κ2) is 9.07. The highest BCUT2D eigenvalue weighted by molar-refractivity contribution is 6.05. The van der Waals surface area contributed by atoms with Crippen LogP contribution in [0.25, 0.3) is 22.2 Å². The number of likely N-dealkylation sites (tertiary alicyclic amines) is 1. The van der Waals surface area contributed by atoms with Gasteiger partial charge in [0.1, 0.15) is 5.82 Å². The molecule has 5 heteroatoms. The van der Waals surface area contributed by atoms with Gasteiger partial charge in [0, 0.05) is 17.3 Å². The Morgan fingerprint density at radius 2 is 1.71 bits per heavy atom. The fourth-order valence-corrected chi connectivity index (χ4v) is 4.92. The van der Waals surface area contributed by atoms with Crippen molar-refractivity contribution in [3.8, 4) is 11.1 Å². The van der Waals surface area contributed by atoms with Crippen molar-refractivity contribution in [2.45, 2.75) is 45.1 Å². The molecule has 5 nitrogen and oxygen atoms in total. The molecule has 0 radical (unpaired) electrons. The number of nitrogens with zero attached hydrogens (tertiary/aromatic N) is 2. The fourth-order valence-electron chi connectivity index (χ4n) is 4.92. The van der Waals surface area contributed by atoms with Gasteiger partial charge in [-0.05, 0) is 93.6 Å². The Bertz CT molecular complexity index is 1290. The highest BCUT2D eigenvalue weighted by Gasteiger charge is 2.29. The number of carbonyl (C=O) groups is 1. The van der Waals surface area contributed by atoms with Crippen LogP contribution in [0.4, 0.5) is 5.82 Å². The number of aromatic amines is 1. The van der Waals surface area contributed by atoms with Crippen LogP contribution in [0, 0.1) is 0 Å². The number of amides is 1. The quantitative estimate of drug-likeness (QED) is 0.373. The molecule has 0 saturated carbocycles. The lowest BCUT2D eigenvalue weighted by atomic mass is 9.88. The average Bonchev–Trinajstić information content (AvgIpc) is 3.27. The number of carbonyl (C=O) groups excluding carboxylic acids is 1. The molecule has 0 aliphatic carbocycles. The van der Waals surface area contributed by atoms with Crippen LogP contribution in [0.2, 0.25) is 0 Å². The van der Waals surface area contributed by atoms with Crippen LogP contribution in [0.15, 0.2) is 72.9 Å². The van der Waals surface area contributed by atoms with Crippen LogP contribution in [-0.4, -0.2) is 39.4 Å². The lowest BCUT2D eigenvalue weighted by molar-refractivity contribution is 0.102. The predicted octanol–water partition coefficient (Wildman–Crippen LogP) is 6.46. The number of aromatic nitrogens is 2. The number of fused-ring (bicyclic) bond motifs is 1. The number of pyridine rings is 1. The Hall–Kier alpha value is -3.44. The summed E-state index contributed by atoms with van der Waals surface area (Å²) in [6.07, 6.45) is 4.34. The molecule has 0 spiro atoms. The summed E-state index contributed by atoms with van der Waals surface area (Å²) in [7, 11) is 0. The first kappa shape index (κ1) is 22.4. The van der Waals surface area contributed by atoms with Crippen molar-refractivity contribution < 1.29 is 4.79 Å². The highest BCUT2D eigenvalue weighted by Crippen LogP contribution is 2.34. The third-order valence-corrected chi connectivity index (χ3v) is 6.91. The van der Waals surface area contributed by atoms with Gasteiger partial charge in [-0.25, -0.2) is 4.98 Å². The van der Waals surface area contributed by atoms with Gasteiger partial charge in [0.25, 0.3) is 5.91 Å². The summed E-state index contributed by atoms with van der Waals surface area (Å²) in [5.41, 5.74) is 6.16. The van der Waals surface area contributed by atoms with Crippen LogP contribution < -0.4 is 5.32 Å². The van der Waals surface area contributed by atoms with E-state index < -0.39 is 0 Å². The van der Waals surface area contributed by atoms with Crippen molar-refractivity contribution in [3.05, 3.63) is 84.1 Å². The van der Waals surface area contributed by atoms with E-state index in [4.69, 9.17) is 4.98 Å². The van der Waals surface area contributed by atoms with E-state index >= 15 is 0 Å². The minimum Gasteiger partial charge on any atom is -0.360 e. The molecule has 1 fully saturated rings. The predicted molar refractivity (Wildman–Crippen MR) is 139 cm³/mol. The summed E-state index contributed by atoms with van der Waals surface area (Å²) in [6.45, 7) is 9.03. The molecule has 1 saturated heterocycles. The number of hydrogen-bond donors (Lipinski definition) is 2. The van der Waals surface area contributed by atoms with E-state index in [-0.39, 0.29) is 11.4 Å². The number of piperidine rings is 1. The minimum absolute atomic E-state index is 0.153. The largest absolute Gasteiger partial charge is 0.360 e. The van der Waals surface area contributed by atoms with Crippen LogP contribution in [0.3, 0.4) is 0 Å². The summed E-state index contributed by atoms with van der Waals surface area (Å²) in [4.78, 5) is 23.8. The smallest absolute Gasteiger partial charge is 0.256 e. The van der Waals surface area contributed by atoms with Crippen LogP contribution in [0.5, 0.6) is 0 Å². The second-order valence-electron chi connectivity index (χ2n) is 10.2. The maximum atomic E-state index is 13.0. The average molecular weight is 453 g/mol. The van der Waals surface area contributed by atoms with Gasteiger partial charge in [0.2, 0.25) is 0 Å². The van der Waals surface area contributed by atoms with E-state index in [2.05, 4.69) is 42.2 Å². The van der Waals surface area contributed by atoms with Gasteiger partial charge in [0.15, 0.2) is 0 Å². The zero-order valence-electron chi connectivity index (χ0n) is 20.1. The molecule has 0 bridgehead atoms. The highest BCUT2D eigenvalue weighted by atomic mass is 16.1. The summed E-state index contributed by atoms with van der Waals surface area (Å²) < 4.78 is 0. The molecule has 174 valence electrons. The Kier molecular flexibility index (Phi) is 5.96. The number of nitrogens with one attached hydrogen (secondary N) is 2. The van der Waals surface area contributed by atoms with E-state index in [0.29, 0.717) is 17.3 Å². The molecular formula is C29H32N4O. The van der Waals surface area contributed by atoms with Crippen LogP contribution >= 0.6 is 0 Å². The number of benzene rings is 2. The van der Waals surface area contributed by atoms with Crippen molar-refractivity contribution in [1.82, 2.24) is 14.9 Å². The first-order chi connectivity index (χ1) is 16.4. The first-order valence-electron chi connectivity index (χ1n) is 12.1. The Morgan fingerprint density at radius 1 is 0.971 bits per heavy atom. The van der Waals surface area contributed by atoms with Crippen molar-refractivity contribution in [2.75, 3.05) is 18.4 Å². The van der Waals surface area contributed by atoms with Crippen molar-refractivity contribution in [1.29, 1.82) is 0 Å². The molecule has 1 amide bonds. The molecular weight excluding hydrogens is 420 g/mol. The number of H-pyrrole nitrogens is 1. The number of rotatable bonds is 4. The third-order valence-electron chi connectivity index (χ3n) is 6.91.